The first-order valence-corrected chi connectivity index (χ1v) is 9.07. The molecule has 2 saturated heterocycles. The molecule has 0 spiro atoms. The summed E-state index contributed by atoms with van der Waals surface area (Å²) in [5, 5.41) is 3.47. The van der Waals surface area contributed by atoms with Gasteiger partial charge in [-0.1, -0.05) is 19.1 Å². The van der Waals surface area contributed by atoms with Crippen LogP contribution in [-0.4, -0.2) is 62.7 Å². The number of nitrogens with zero attached hydrogens (tertiary/aromatic N) is 2. The summed E-state index contributed by atoms with van der Waals surface area (Å²) in [6.07, 6.45) is 2.68. The molecule has 1 atom stereocenters. The van der Waals surface area contributed by atoms with E-state index in [0.717, 1.165) is 44.4 Å². The van der Waals surface area contributed by atoms with E-state index in [0.29, 0.717) is 6.04 Å². The Bertz CT molecular complexity index is 479. The van der Waals surface area contributed by atoms with Crippen LogP contribution in [0.5, 0.6) is 5.75 Å². The Morgan fingerprint density at radius 3 is 2.61 bits per heavy atom. The third-order valence-corrected chi connectivity index (χ3v) is 5.38. The second kappa shape index (κ2) is 8.13. The number of piperidine rings is 1. The molecule has 0 amide bonds. The fourth-order valence-electron chi connectivity index (χ4n) is 3.76. The van der Waals surface area contributed by atoms with Crippen LogP contribution >= 0.6 is 0 Å². The van der Waals surface area contributed by atoms with Crippen molar-refractivity contribution >= 4 is 0 Å². The zero-order chi connectivity index (χ0) is 16.1. The number of benzene rings is 1. The largest absolute Gasteiger partial charge is 0.497 e. The first kappa shape index (κ1) is 16.7. The zero-order valence-electron chi connectivity index (χ0n) is 14.6. The Hall–Kier alpha value is -1.10. The van der Waals surface area contributed by atoms with Gasteiger partial charge in [0.2, 0.25) is 0 Å². The molecule has 2 aliphatic rings. The summed E-state index contributed by atoms with van der Waals surface area (Å²) in [5.41, 5.74) is 1.39. The van der Waals surface area contributed by atoms with Crippen molar-refractivity contribution in [3.05, 3.63) is 29.8 Å². The Labute approximate surface area is 140 Å². The van der Waals surface area contributed by atoms with Crippen molar-refractivity contribution in [2.75, 3.05) is 52.9 Å². The molecule has 2 fully saturated rings. The van der Waals surface area contributed by atoms with Crippen LogP contribution < -0.4 is 10.1 Å². The summed E-state index contributed by atoms with van der Waals surface area (Å²) in [6, 6.07) is 9.13. The van der Waals surface area contributed by atoms with Crippen molar-refractivity contribution in [3.8, 4) is 5.75 Å². The number of nitrogens with one attached hydrogen (secondary N) is 1. The summed E-state index contributed by atoms with van der Waals surface area (Å²) in [5.74, 6) is 1.86. The Morgan fingerprint density at radius 2 is 1.91 bits per heavy atom. The zero-order valence-corrected chi connectivity index (χ0v) is 14.6. The molecule has 1 N–H and O–H groups in total. The molecular formula is C19H31N3O. The molecule has 4 nitrogen and oxygen atoms in total. The monoisotopic (exact) mass is 317 g/mol. The van der Waals surface area contributed by atoms with Crippen LogP contribution in [0.1, 0.15) is 31.4 Å². The standard InChI is InChI=1S/C19H31N3O/c1-16-6-10-21(11-7-16)15-19(22-12-8-20-9-13-22)17-4-3-5-18(14-17)23-2/h3-5,14,16,19-20H,6-13,15H2,1-2H3. The highest BCUT2D eigenvalue weighted by molar-refractivity contribution is 5.31. The van der Waals surface area contributed by atoms with Gasteiger partial charge in [0, 0.05) is 38.8 Å². The van der Waals surface area contributed by atoms with Gasteiger partial charge >= 0.3 is 0 Å². The van der Waals surface area contributed by atoms with Crippen molar-refractivity contribution in [2.24, 2.45) is 5.92 Å². The molecule has 0 saturated carbocycles. The maximum absolute atomic E-state index is 5.45. The van der Waals surface area contributed by atoms with Crippen molar-refractivity contribution in [2.45, 2.75) is 25.8 Å². The van der Waals surface area contributed by atoms with Crippen LogP contribution in [-0.2, 0) is 0 Å². The van der Waals surface area contributed by atoms with E-state index in [4.69, 9.17) is 4.74 Å². The molecule has 2 aliphatic heterocycles. The minimum atomic E-state index is 0.473. The van der Waals surface area contributed by atoms with E-state index < -0.39 is 0 Å². The lowest BCUT2D eigenvalue weighted by atomic mass is 9.97. The van der Waals surface area contributed by atoms with E-state index in [1.807, 2.05) is 6.07 Å². The molecule has 1 aromatic rings. The Balaban J connectivity index is 1.75. The average Bonchev–Trinajstić information content (AvgIpc) is 2.62. The average molecular weight is 317 g/mol. The van der Waals surface area contributed by atoms with Crippen molar-refractivity contribution in [1.82, 2.24) is 15.1 Å². The van der Waals surface area contributed by atoms with Crippen LogP contribution in [0.4, 0.5) is 0 Å². The highest BCUT2D eigenvalue weighted by Gasteiger charge is 2.26. The molecule has 128 valence electrons. The van der Waals surface area contributed by atoms with Crippen molar-refractivity contribution in [1.29, 1.82) is 0 Å². The van der Waals surface area contributed by atoms with E-state index in [2.05, 4.69) is 40.2 Å². The summed E-state index contributed by atoms with van der Waals surface area (Å²) in [6.45, 7) is 10.5. The molecular weight excluding hydrogens is 286 g/mol. The van der Waals surface area contributed by atoms with Gasteiger partial charge in [-0.15, -0.1) is 0 Å². The Kier molecular flexibility index (Phi) is 5.92. The van der Waals surface area contributed by atoms with Gasteiger partial charge in [0.15, 0.2) is 0 Å². The van der Waals surface area contributed by atoms with Crippen LogP contribution in [0.3, 0.4) is 0 Å². The minimum Gasteiger partial charge on any atom is -0.497 e. The van der Waals surface area contributed by atoms with Crippen molar-refractivity contribution < 1.29 is 4.74 Å². The minimum absolute atomic E-state index is 0.473. The molecule has 1 unspecified atom stereocenters. The second-order valence-corrected chi connectivity index (χ2v) is 7.06. The van der Waals surface area contributed by atoms with Gasteiger partial charge in [-0.25, -0.2) is 0 Å². The van der Waals surface area contributed by atoms with E-state index in [-0.39, 0.29) is 0 Å². The lowest BCUT2D eigenvalue weighted by molar-refractivity contribution is 0.104. The molecule has 23 heavy (non-hydrogen) atoms. The number of methoxy groups -OCH3 is 1. The summed E-state index contributed by atoms with van der Waals surface area (Å²) in [4.78, 5) is 5.30. The normalized spacial score (nSPS) is 22.9. The smallest absolute Gasteiger partial charge is 0.119 e. The fourth-order valence-corrected chi connectivity index (χ4v) is 3.76. The van der Waals surface area contributed by atoms with Crippen LogP contribution in [0.15, 0.2) is 24.3 Å². The predicted molar refractivity (Wildman–Crippen MR) is 95.0 cm³/mol. The lowest BCUT2D eigenvalue weighted by Crippen LogP contribution is -2.48. The maximum Gasteiger partial charge on any atom is 0.119 e. The molecule has 0 aliphatic carbocycles. The molecule has 2 heterocycles. The second-order valence-electron chi connectivity index (χ2n) is 7.06. The van der Waals surface area contributed by atoms with Crippen LogP contribution in [0.2, 0.25) is 0 Å². The molecule has 3 rings (SSSR count). The first-order chi connectivity index (χ1) is 11.3. The van der Waals surface area contributed by atoms with Gasteiger partial charge in [-0.2, -0.15) is 0 Å². The molecule has 4 heteroatoms. The quantitative estimate of drug-likeness (QED) is 0.902. The van der Waals surface area contributed by atoms with Crippen LogP contribution in [0.25, 0.3) is 0 Å². The van der Waals surface area contributed by atoms with E-state index in [9.17, 15) is 0 Å². The summed E-state index contributed by atoms with van der Waals surface area (Å²) in [7, 11) is 1.75. The molecule has 0 aromatic heterocycles. The SMILES string of the molecule is COc1cccc(C(CN2CCC(C)CC2)N2CCNCC2)c1. The summed E-state index contributed by atoms with van der Waals surface area (Å²) < 4.78 is 5.45. The molecule has 1 aromatic carbocycles. The van der Waals surface area contributed by atoms with Crippen LogP contribution in [0, 0.1) is 5.92 Å². The number of rotatable bonds is 5. The van der Waals surface area contributed by atoms with Crippen molar-refractivity contribution in [3.63, 3.8) is 0 Å². The maximum atomic E-state index is 5.45. The number of ether oxygens (including phenoxy) is 1. The number of piperazine rings is 1. The Morgan fingerprint density at radius 1 is 1.17 bits per heavy atom. The molecule has 0 radical (unpaired) electrons. The highest BCUT2D eigenvalue weighted by Crippen LogP contribution is 2.27. The number of hydrogen-bond donors (Lipinski definition) is 1. The highest BCUT2D eigenvalue weighted by atomic mass is 16.5. The van der Waals surface area contributed by atoms with Gasteiger partial charge < -0.3 is 15.0 Å². The van der Waals surface area contributed by atoms with Gasteiger partial charge in [-0.05, 0) is 49.5 Å². The third kappa shape index (κ3) is 4.46. The lowest BCUT2D eigenvalue weighted by Gasteiger charge is -2.40. The predicted octanol–water partition coefficient (Wildman–Crippen LogP) is 2.37. The molecule has 0 bridgehead atoms. The number of likely N-dealkylation sites (tertiary alicyclic amines) is 1. The van der Waals surface area contributed by atoms with Gasteiger partial charge in [-0.3, -0.25) is 4.90 Å². The van der Waals surface area contributed by atoms with Gasteiger partial charge in [0.1, 0.15) is 5.75 Å². The van der Waals surface area contributed by atoms with E-state index in [1.54, 1.807) is 7.11 Å². The topological polar surface area (TPSA) is 27.7 Å². The fraction of sp³-hybridized carbons (Fsp3) is 0.684. The van der Waals surface area contributed by atoms with E-state index in [1.165, 1.54) is 31.5 Å². The third-order valence-electron chi connectivity index (χ3n) is 5.38. The van der Waals surface area contributed by atoms with E-state index >= 15 is 0 Å². The summed E-state index contributed by atoms with van der Waals surface area (Å²) >= 11 is 0. The first-order valence-electron chi connectivity index (χ1n) is 9.07. The van der Waals surface area contributed by atoms with Gasteiger partial charge in [0.25, 0.3) is 0 Å². The number of hydrogen-bond acceptors (Lipinski definition) is 4. The van der Waals surface area contributed by atoms with Gasteiger partial charge in [0.05, 0.1) is 7.11 Å².